The Morgan fingerprint density at radius 1 is 1.00 bits per heavy atom. The van der Waals surface area contributed by atoms with Gasteiger partial charge in [0.15, 0.2) is 6.26 Å². The van der Waals surface area contributed by atoms with Crippen LogP contribution in [0.1, 0.15) is 78.9 Å². The van der Waals surface area contributed by atoms with Crippen LogP contribution in [0.2, 0.25) is 0 Å². The number of hydrogen-bond acceptors (Lipinski definition) is 3. The lowest BCUT2D eigenvalue weighted by Crippen LogP contribution is -2.38. The zero-order chi connectivity index (χ0) is 19.9. The van der Waals surface area contributed by atoms with E-state index in [1.54, 1.807) is 0 Å². The summed E-state index contributed by atoms with van der Waals surface area (Å²) in [5.41, 5.74) is 1.62. The molecule has 146 valence electrons. The SMILES string of the molecule is Cc1c(C)[n+](C(C)C)c(N=P(C(C)C)(C(C)C)S(=O)(=O)O)n1C(C)C. The molecule has 0 unspecified atom stereocenters. The van der Waals surface area contributed by atoms with E-state index in [1.807, 2.05) is 41.5 Å². The third-order valence-corrected chi connectivity index (χ3v) is 14.0. The summed E-state index contributed by atoms with van der Waals surface area (Å²) < 4.78 is 44.2. The summed E-state index contributed by atoms with van der Waals surface area (Å²) in [4.78, 5) is 0. The van der Waals surface area contributed by atoms with Gasteiger partial charge in [-0.1, -0.05) is 32.4 Å². The minimum Gasteiger partial charge on any atom is -0.280 e. The van der Waals surface area contributed by atoms with E-state index in [1.165, 1.54) is 0 Å². The first-order valence-electron chi connectivity index (χ1n) is 8.92. The molecule has 0 radical (unpaired) electrons. The first-order chi connectivity index (χ1) is 11.2. The van der Waals surface area contributed by atoms with Crippen molar-refractivity contribution in [2.45, 2.75) is 92.6 Å². The van der Waals surface area contributed by atoms with E-state index in [2.05, 4.69) is 36.8 Å². The number of aromatic nitrogens is 2. The molecule has 1 rings (SSSR count). The van der Waals surface area contributed by atoms with Gasteiger partial charge >= 0.3 is 15.7 Å². The van der Waals surface area contributed by atoms with Crippen LogP contribution < -0.4 is 4.57 Å². The van der Waals surface area contributed by atoms with Crippen LogP contribution in [-0.4, -0.2) is 28.9 Å². The highest BCUT2D eigenvalue weighted by molar-refractivity contribution is 8.51. The lowest BCUT2D eigenvalue weighted by molar-refractivity contribution is -0.708. The summed E-state index contributed by atoms with van der Waals surface area (Å²) in [6, 6.07) is 0.278. The topological polar surface area (TPSA) is 75.5 Å². The van der Waals surface area contributed by atoms with Crippen molar-refractivity contribution in [3.63, 3.8) is 0 Å². The first-order valence-corrected chi connectivity index (χ1v) is 12.8. The van der Waals surface area contributed by atoms with Crippen molar-refractivity contribution >= 4 is 21.9 Å². The summed E-state index contributed by atoms with van der Waals surface area (Å²) in [6.45, 7) is 19.7. The average molecular weight is 393 g/mol. The number of imidazole rings is 1. The molecule has 1 aromatic rings. The van der Waals surface area contributed by atoms with Crippen LogP contribution in [-0.2, 0) is 9.74 Å². The van der Waals surface area contributed by atoms with Crippen LogP contribution in [0.15, 0.2) is 4.74 Å². The molecule has 1 heterocycles. The van der Waals surface area contributed by atoms with Crippen molar-refractivity contribution < 1.29 is 17.5 Å². The fourth-order valence-corrected chi connectivity index (χ4v) is 10.7. The lowest BCUT2D eigenvalue weighted by atomic mass is 10.3. The predicted octanol–water partition coefficient (Wildman–Crippen LogP) is 5.01. The minimum absolute atomic E-state index is 0.139. The van der Waals surface area contributed by atoms with Crippen molar-refractivity contribution in [1.82, 2.24) is 4.57 Å². The molecule has 0 atom stereocenters. The number of rotatable bonds is 6. The molecule has 0 aromatic carbocycles. The highest BCUT2D eigenvalue weighted by Gasteiger charge is 2.46. The Hall–Kier alpha value is -0.650. The molecule has 0 aliphatic rings. The minimum atomic E-state index is -4.29. The summed E-state index contributed by atoms with van der Waals surface area (Å²) in [6.07, 6.45) is -3.07. The van der Waals surface area contributed by atoms with E-state index in [4.69, 9.17) is 4.74 Å². The van der Waals surface area contributed by atoms with E-state index in [9.17, 15) is 13.0 Å². The van der Waals surface area contributed by atoms with Crippen molar-refractivity contribution in [2.75, 3.05) is 0 Å². The zero-order valence-corrected chi connectivity index (χ0v) is 19.0. The van der Waals surface area contributed by atoms with Gasteiger partial charge in [-0.15, -0.1) is 0 Å². The maximum absolute atomic E-state index is 12.5. The Bertz CT molecular complexity index is 747. The fraction of sp³-hybridized carbons (Fsp3) is 0.824. The summed E-state index contributed by atoms with van der Waals surface area (Å²) in [5, 5.41) is 0. The van der Waals surface area contributed by atoms with Gasteiger partial charge in [-0.2, -0.15) is 8.42 Å². The maximum Gasteiger partial charge on any atom is 0.397 e. The Morgan fingerprint density at radius 3 is 1.72 bits per heavy atom. The highest BCUT2D eigenvalue weighted by atomic mass is 32.8. The van der Waals surface area contributed by atoms with Gasteiger partial charge in [-0.05, 0) is 41.5 Å². The average Bonchev–Trinajstić information content (AvgIpc) is 2.65. The highest BCUT2D eigenvalue weighted by Crippen LogP contribution is 2.64. The lowest BCUT2D eigenvalue weighted by Gasteiger charge is -2.25. The van der Waals surface area contributed by atoms with E-state index < -0.39 is 16.0 Å². The van der Waals surface area contributed by atoms with Crippen LogP contribution in [0.25, 0.3) is 0 Å². The van der Waals surface area contributed by atoms with Gasteiger partial charge < -0.3 is 0 Å². The van der Waals surface area contributed by atoms with Gasteiger partial charge in [0, 0.05) is 11.3 Å². The van der Waals surface area contributed by atoms with Gasteiger partial charge in [0.25, 0.3) is 0 Å². The third-order valence-electron chi connectivity index (χ3n) is 4.81. The molecule has 0 aliphatic heterocycles. The Kier molecular flexibility index (Phi) is 6.75. The molecule has 25 heavy (non-hydrogen) atoms. The Morgan fingerprint density at radius 2 is 1.44 bits per heavy atom. The molecular formula is C17H35N3O3PS+. The molecule has 0 spiro atoms. The smallest absolute Gasteiger partial charge is 0.280 e. The molecule has 0 fully saturated rings. The second-order valence-corrected chi connectivity index (χ2v) is 15.5. The van der Waals surface area contributed by atoms with Crippen LogP contribution in [0.3, 0.4) is 0 Å². The van der Waals surface area contributed by atoms with Crippen molar-refractivity contribution in [3.8, 4) is 0 Å². The molecule has 8 heteroatoms. The van der Waals surface area contributed by atoms with E-state index in [0.29, 0.717) is 5.95 Å². The van der Waals surface area contributed by atoms with Crippen molar-refractivity contribution in [3.05, 3.63) is 11.4 Å². The molecule has 0 amide bonds. The van der Waals surface area contributed by atoms with E-state index >= 15 is 0 Å². The second-order valence-electron chi connectivity index (χ2n) is 7.81. The first kappa shape index (κ1) is 22.4. The Labute approximate surface area is 153 Å². The van der Waals surface area contributed by atoms with E-state index in [0.717, 1.165) is 11.4 Å². The predicted molar refractivity (Wildman–Crippen MR) is 106 cm³/mol. The standard InChI is InChI=1S/C17H34N3O3PS/c1-11(2)19-15(9)16(10)20(12(3)4)17(19)18-24(13(5)6,14(7)8)25(21,22)23/h11-14H,1-10H3/p+1. The molecule has 6 nitrogen and oxygen atoms in total. The summed E-state index contributed by atoms with van der Waals surface area (Å²) in [7, 11) is -4.29. The molecule has 0 aliphatic carbocycles. The Balaban J connectivity index is 4.16. The zero-order valence-electron chi connectivity index (χ0n) is 17.3. The normalized spacial score (nSPS) is 13.6. The van der Waals surface area contributed by atoms with Crippen LogP contribution in [0.4, 0.5) is 5.95 Å². The van der Waals surface area contributed by atoms with Crippen LogP contribution >= 0.6 is 6.26 Å². The van der Waals surface area contributed by atoms with Crippen LogP contribution in [0, 0.1) is 13.8 Å². The molecule has 1 N–H and O–H groups in total. The van der Waals surface area contributed by atoms with Gasteiger partial charge in [0.05, 0.1) is 12.1 Å². The summed E-state index contributed by atoms with van der Waals surface area (Å²) in [5.74, 6) is 0.647. The van der Waals surface area contributed by atoms with Crippen LogP contribution in [0.5, 0.6) is 0 Å². The molecule has 1 aromatic heterocycles. The van der Waals surface area contributed by atoms with Crippen molar-refractivity contribution in [2.24, 2.45) is 4.74 Å². The van der Waals surface area contributed by atoms with Crippen molar-refractivity contribution in [1.29, 1.82) is 0 Å². The second kappa shape index (κ2) is 7.53. The molecule has 0 saturated heterocycles. The number of hydrogen-bond donors (Lipinski definition) is 1. The van der Waals surface area contributed by atoms with Gasteiger partial charge in [0.2, 0.25) is 0 Å². The maximum atomic E-state index is 12.5. The molecule has 0 bridgehead atoms. The largest absolute Gasteiger partial charge is 0.397 e. The molecule has 0 saturated carbocycles. The quantitative estimate of drug-likeness (QED) is 0.420. The van der Waals surface area contributed by atoms with Gasteiger partial charge in [-0.25, -0.2) is 9.13 Å². The monoisotopic (exact) mass is 392 g/mol. The third kappa shape index (κ3) is 3.74. The summed E-state index contributed by atoms with van der Waals surface area (Å²) >= 11 is 0. The van der Waals surface area contributed by atoms with E-state index in [-0.39, 0.29) is 23.4 Å². The van der Waals surface area contributed by atoms with Gasteiger partial charge in [-0.3, -0.25) is 4.55 Å². The fourth-order valence-electron chi connectivity index (χ4n) is 3.65. The van der Waals surface area contributed by atoms with Gasteiger partial charge in [0.1, 0.15) is 11.4 Å². The molecular weight excluding hydrogens is 357 g/mol. The number of nitrogens with zero attached hydrogens (tertiary/aromatic N) is 3.